The number of hydrogen-bond donors (Lipinski definition) is 0. The van der Waals surface area contributed by atoms with Gasteiger partial charge in [-0.05, 0) is 0 Å². The van der Waals surface area contributed by atoms with Gasteiger partial charge >= 0.3 is 0 Å². The minimum Gasteiger partial charge on any atom is -0.211 e. The smallest absolute Gasteiger partial charge is 0.211 e. The number of alkyl halides is 2. The molecule has 2 heteroatoms. The summed E-state index contributed by atoms with van der Waals surface area (Å²) in [5.74, 6) is 0. The monoisotopic (exact) mass is 158 g/mol. The average Bonchev–Trinajstić information content (AvgIpc) is 2.09. The molecule has 1 aromatic rings. The van der Waals surface area contributed by atoms with Gasteiger partial charge in [0.15, 0.2) is 0 Å². The van der Waals surface area contributed by atoms with Crippen LogP contribution in [0.15, 0.2) is 36.4 Å². The molecule has 0 amide bonds. The second-order valence-electron chi connectivity index (χ2n) is 1.95. The van der Waals surface area contributed by atoms with Crippen molar-refractivity contribution in [2.24, 2.45) is 0 Å². The van der Waals surface area contributed by atoms with Crippen LogP contribution in [0.2, 0.25) is 0 Å². The third-order valence-corrected chi connectivity index (χ3v) is 0.975. The van der Waals surface area contributed by atoms with E-state index in [1.165, 1.54) is 6.92 Å². The fourth-order valence-electron chi connectivity index (χ4n) is 0.385. The van der Waals surface area contributed by atoms with Crippen LogP contribution in [0.25, 0.3) is 0 Å². The summed E-state index contributed by atoms with van der Waals surface area (Å²) >= 11 is 0. The van der Waals surface area contributed by atoms with Gasteiger partial charge < -0.3 is 0 Å². The molecule has 0 fully saturated rings. The Morgan fingerprint density at radius 3 is 1.18 bits per heavy atom. The lowest BCUT2D eigenvalue weighted by atomic mass is 10.4. The molecule has 0 bridgehead atoms. The van der Waals surface area contributed by atoms with Crippen molar-refractivity contribution in [3.8, 4) is 0 Å². The zero-order valence-corrected chi connectivity index (χ0v) is 6.50. The van der Waals surface area contributed by atoms with Gasteiger partial charge in [-0.2, -0.15) is 0 Å². The van der Waals surface area contributed by atoms with Crippen LogP contribution in [0.4, 0.5) is 8.78 Å². The summed E-state index contributed by atoms with van der Waals surface area (Å²) in [6.07, 6.45) is -2.14. The molecule has 0 atom stereocenters. The largest absolute Gasteiger partial charge is 0.238 e. The van der Waals surface area contributed by atoms with Gasteiger partial charge in [0.1, 0.15) is 0 Å². The lowest BCUT2D eigenvalue weighted by molar-refractivity contribution is 0.144. The van der Waals surface area contributed by atoms with Gasteiger partial charge in [0.2, 0.25) is 6.43 Å². The molecule has 0 radical (unpaired) electrons. The predicted molar refractivity (Wildman–Crippen MR) is 42.7 cm³/mol. The first-order chi connectivity index (χ1) is 5.27. The Balaban J connectivity index is 0.000000187. The second kappa shape index (κ2) is 7.19. The van der Waals surface area contributed by atoms with Crippen molar-refractivity contribution in [2.45, 2.75) is 19.8 Å². The van der Waals surface area contributed by atoms with Gasteiger partial charge in [-0.15, -0.1) is 0 Å². The molecule has 0 aliphatic carbocycles. The Hall–Kier alpha value is -0.920. The highest BCUT2D eigenvalue weighted by atomic mass is 19.3. The lowest BCUT2D eigenvalue weighted by Gasteiger charge is -1.81. The van der Waals surface area contributed by atoms with Crippen LogP contribution in [-0.4, -0.2) is 6.43 Å². The Bertz CT molecular complexity index is 122. The summed E-state index contributed by atoms with van der Waals surface area (Å²) in [6.45, 7) is 1.45. The minimum atomic E-state index is -2.12. The zero-order chi connectivity index (χ0) is 8.53. The molecule has 0 heterocycles. The van der Waals surface area contributed by atoms with Crippen molar-refractivity contribution in [1.29, 1.82) is 0 Å². The minimum absolute atomic E-state index is 0.0278. The summed E-state index contributed by atoms with van der Waals surface area (Å²) in [6, 6.07) is 12.0. The Labute approximate surface area is 65.9 Å². The molecule has 62 valence electrons. The van der Waals surface area contributed by atoms with Gasteiger partial charge in [0.05, 0.1) is 0 Å². The number of rotatable bonds is 1. The third-order valence-electron chi connectivity index (χ3n) is 0.975. The maximum Gasteiger partial charge on any atom is 0.238 e. The lowest BCUT2D eigenvalue weighted by Crippen LogP contribution is -1.80. The number of halogens is 2. The maximum atomic E-state index is 10.8. The third kappa shape index (κ3) is 9.08. The molecular formula is C9H12F2. The Kier molecular flexibility index (Phi) is 6.59. The molecule has 0 nitrogen and oxygen atoms in total. The SMILES string of the molecule is CCC(F)F.c1ccccc1. The van der Waals surface area contributed by atoms with E-state index in [2.05, 4.69) is 0 Å². The molecule has 0 unspecified atom stereocenters. The quantitative estimate of drug-likeness (QED) is 0.588. The van der Waals surface area contributed by atoms with Gasteiger partial charge in [-0.25, -0.2) is 8.78 Å². The van der Waals surface area contributed by atoms with Crippen molar-refractivity contribution in [1.82, 2.24) is 0 Å². The van der Waals surface area contributed by atoms with E-state index in [1.54, 1.807) is 0 Å². The molecule has 0 saturated carbocycles. The fraction of sp³-hybridized carbons (Fsp3) is 0.333. The van der Waals surface area contributed by atoms with Crippen molar-refractivity contribution in [3.05, 3.63) is 36.4 Å². The summed E-state index contributed by atoms with van der Waals surface area (Å²) in [5, 5.41) is 0. The van der Waals surface area contributed by atoms with Crippen LogP contribution in [0.1, 0.15) is 13.3 Å². The predicted octanol–water partition coefficient (Wildman–Crippen LogP) is 3.35. The fourth-order valence-corrected chi connectivity index (χ4v) is 0.385. The second-order valence-corrected chi connectivity index (χ2v) is 1.95. The number of benzene rings is 1. The van der Waals surface area contributed by atoms with Crippen LogP contribution in [0.3, 0.4) is 0 Å². The zero-order valence-electron chi connectivity index (χ0n) is 6.50. The van der Waals surface area contributed by atoms with Gasteiger partial charge in [0.25, 0.3) is 0 Å². The topological polar surface area (TPSA) is 0 Å². The van der Waals surface area contributed by atoms with E-state index in [0.717, 1.165) is 0 Å². The van der Waals surface area contributed by atoms with Crippen molar-refractivity contribution in [3.63, 3.8) is 0 Å². The van der Waals surface area contributed by atoms with Crippen LogP contribution < -0.4 is 0 Å². The van der Waals surface area contributed by atoms with E-state index >= 15 is 0 Å². The number of hydrogen-bond acceptors (Lipinski definition) is 0. The summed E-state index contributed by atoms with van der Waals surface area (Å²) < 4.78 is 21.5. The van der Waals surface area contributed by atoms with E-state index < -0.39 is 6.43 Å². The summed E-state index contributed by atoms with van der Waals surface area (Å²) in [5.41, 5.74) is 0. The van der Waals surface area contributed by atoms with Crippen molar-refractivity contribution < 1.29 is 8.78 Å². The molecule has 0 aromatic heterocycles. The maximum absolute atomic E-state index is 10.8. The van der Waals surface area contributed by atoms with Crippen LogP contribution in [0.5, 0.6) is 0 Å². The molecule has 0 spiro atoms. The summed E-state index contributed by atoms with van der Waals surface area (Å²) in [7, 11) is 0. The highest BCUT2D eigenvalue weighted by Crippen LogP contribution is 1.93. The Morgan fingerprint density at radius 1 is 0.909 bits per heavy atom. The highest BCUT2D eigenvalue weighted by Gasteiger charge is 1.91. The normalized spacial score (nSPS) is 8.73. The van der Waals surface area contributed by atoms with Gasteiger partial charge in [-0.3, -0.25) is 0 Å². The van der Waals surface area contributed by atoms with E-state index in [4.69, 9.17) is 0 Å². The van der Waals surface area contributed by atoms with Gasteiger partial charge in [-0.1, -0.05) is 43.3 Å². The first kappa shape index (κ1) is 10.1. The first-order valence-electron chi connectivity index (χ1n) is 3.55. The van der Waals surface area contributed by atoms with Crippen molar-refractivity contribution >= 4 is 0 Å². The standard InChI is InChI=1S/C6H6.C3H6F2/c1-2-4-6-5-3-1;1-2-3(4)5/h1-6H;3H,2H2,1H3. The summed E-state index contributed by atoms with van der Waals surface area (Å²) in [4.78, 5) is 0. The molecule has 0 aliphatic rings. The van der Waals surface area contributed by atoms with Crippen LogP contribution >= 0.6 is 0 Å². The van der Waals surface area contributed by atoms with Crippen molar-refractivity contribution in [2.75, 3.05) is 0 Å². The molecule has 1 rings (SSSR count). The molecule has 0 saturated heterocycles. The Morgan fingerprint density at radius 2 is 1.09 bits per heavy atom. The van der Waals surface area contributed by atoms with E-state index in [-0.39, 0.29) is 6.42 Å². The van der Waals surface area contributed by atoms with Crippen LogP contribution in [0, 0.1) is 0 Å². The molecule has 0 N–H and O–H groups in total. The van der Waals surface area contributed by atoms with E-state index in [9.17, 15) is 8.78 Å². The molecular weight excluding hydrogens is 146 g/mol. The molecule has 1 aromatic carbocycles. The first-order valence-corrected chi connectivity index (χ1v) is 3.55. The van der Waals surface area contributed by atoms with Crippen LogP contribution in [-0.2, 0) is 0 Å². The highest BCUT2D eigenvalue weighted by molar-refractivity contribution is 4.99. The average molecular weight is 158 g/mol. The van der Waals surface area contributed by atoms with Gasteiger partial charge in [0, 0.05) is 6.42 Å². The van der Waals surface area contributed by atoms with E-state index in [0.29, 0.717) is 0 Å². The van der Waals surface area contributed by atoms with E-state index in [1.807, 2.05) is 36.4 Å². The molecule has 11 heavy (non-hydrogen) atoms. The molecule has 0 aliphatic heterocycles.